The predicted octanol–water partition coefficient (Wildman–Crippen LogP) is 3.54. The molecule has 0 radical (unpaired) electrons. The first kappa shape index (κ1) is 10.9. The second kappa shape index (κ2) is 4.49. The number of rotatable bonds is 2. The van der Waals surface area contributed by atoms with Crippen LogP contribution in [0.15, 0.2) is 39.7 Å². The first-order valence-corrected chi connectivity index (χ1v) is 6.15. The normalized spacial score (nSPS) is 10.6. The Labute approximate surface area is 106 Å². The van der Waals surface area contributed by atoms with Gasteiger partial charge in [0.2, 0.25) is 0 Å². The molecule has 0 fully saturated rings. The van der Waals surface area contributed by atoms with Crippen LogP contribution in [0, 0.1) is 0 Å². The number of hydrogen-bond acceptors (Lipinski definition) is 1. The molecular weight excluding hydrogens is 320 g/mol. The molecular formula is C11H10Br2N2. The zero-order valence-electron chi connectivity index (χ0n) is 8.24. The van der Waals surface area contributed by atoms with Crippen molar-refractivity contribution in [3.63, 3.8) is 0 Å². The molecule has 0 aliphatic carbocycles. The number of aryl methyl sites for hydroxylation is 1. The quantitative estimate of drug-likeness (QED) is 0.824. The van der Waals surface area contributed by atoms with Crippen LogP contribution in [0.1, 0.15) is 11.3 Å². The van der Waals surface area contributed by atoms with Crippen LogP contribution in [-0.4, -0.2) is 9.55 Å². The Kier molecular flexibility index (Phi) is 3.26. The molecule has 0 amide bonds. The number of aromatic nitrogens is 2. The van der Waals surface area contributed by atoms with E-state index in [1.807, 2.05) is 17.9 Å². The summed E-state index contributed by atoms with van der Waals surface area (Å²) in [7, 11) is 2.01. The van der Waals surface area contributed by atoms with Gasteiger partial charge in [-0.3, -0.25) is 0 Å². The molecule has 2 aromatic rings. The van der Waals surface area contributed by atoms with Crippen molar-refractivity contribution in [1.82, 2.24) is 9.55 Å². The lowest BCUT2D eigenvalue weighted by molar-refractivity contribution is 0.843. The summed E-state index contributed by atoms with van der Waals surface area (Å²) < 4.78 is 4.06. The minimum atomic E-state index is 0.893. The third-order valence-electron chi connectivity index (χ3n) is 2.29. The average Bonchev–Trinajstić information content (AvgIpc) is 2.53. The van der Waals surface area contributed by atoms with E-state index in [-0.39, 0.29) is 0 Å². The van der Waals surface area contributed by atoms with Crippen LogP contribution in [0.4, 0.5) is 0 Å². The summed E-state index contributed by atoms with van der Waals surface area (Å²) in [5.41, 5.74) is 2.47. The summed E-state index contributed by atoms with van der Waals surface area (Å²) in [4.78, 5) is 4.20. The molecule has 1 aromatic heterocycles. The van der Waals surface area contributed by atoms with Gasteiger partial charge in [0.1, 0.15) is 4.60 Å². The van der Waals surface area contributed by atoms with E-state index >= 15 is 0 Å². The number of halogens is 2. The van der Waals surface area contributed by atoms with Crippen LogP contribution in [0.5, 0.6) is 0 Å². The third kappa shape index (κ3) is 2.49. The van der Waals surface area contributed by atoms with Gasteiger partial charge in [0.15, 0.2) is 0 Å². The molecule has 0 unspecified atom stereocenters. The Morgan fingerprint density at radius 2 is 1.87 bits per heavy atom. The molecule has 0 aliphatic rings. The molecule has 0 saturated carbocycles. The van der Waals surface area contributed by atoms with Crippen molar-refractivity contribution in [3.8, 4) is 0 Å². The van der Waals surface area contributed by atoms with Gasteiger partial charge in [0.05, 0.1) is 12.0 Å². The molecule has 0 aliphatic heterocycles. The third-order valence-corrected chi connectivity index (χ3v) is 3.48. The molecule has 0 N–H and O–H groups in total. The van der Waals surface area contributed by atoms with Crippen molar-refractivity contribution in [2.45, 2.75) is 6.42 Å². The molecule has 0 saturated heterocycles. The van der Waals surface area contributed by atoms with Gasteiger partial charge in [-0.2, -0.15) is 0 Å². The molecule has 0 bridgehead atoms. The fourth-order valence-corrected chi connectivity index (χ4v) is 2.20. The minimum absolute atomic E-state index is 0.893. The van der Waals surface area contributed by atoms with Crippen LogP contribution in [0.3, 0.4) is 0 Å². The van der Waals surface area contributed by atoms with Crippen LogP contribution in [0.25, 0.3) is 0 Å². The molecule has 15 heavy (non-hydrogen) atoms. The molecule has 0 atom stereocenters. The summed E-state index contributed by atoms with van der Waals surface area (Å²) in [5, 5.41) is 0. The number of hydrogen-bond donors (Lipinski definition) is 0. The number of imidazole rings is 1. The second-order valence-electron chi connectivity index (χ2n) is 3.40. The standard InChI is InChI=1S/C11H10Br2N2/c1-15-7-14-11(13)10(15)6-8-2-4-9(12)5-3-8/h2-5,7H,6H2,1H3. The van der Waals surface area contributed by atoms with Crippen molar-refractivity contribution >= 4 is 31.9 Å². The van der Waals surface area contributed by atoms with E-state index in [2.05, 4.69) is 61.1 Å². The van der Waals surface area contributed by atoms with Gasteiger partial charge in [-0.1, -0.05) is 28.1 Å². The van der Waals surface area contributed by atoms with Crippen LogP contribution in [0.2, 0.25) is 0 Å². The zero-order valence-corrected chi connectivity index (χ0v) is 11.4. The molecule has 4 heteroatoms. The van der Waals surface area contributed by atoms with E-state index in [9.17, 15) is 0 Å². The van der Waals surface area contributed by atoms with Crippen molar-refractivity contribution in [2.24, 2.45) is 7.05 Å². The number of benzene rings is 1. The second-order valence-corrected chi connectivity index (χ2v) is 5.06. The van der Waals surface area contributed by atoms with Crippen molar-refractivity contribution in [2.75, 3.05) is 0 Å². The van der Waals surface area contributed by atoms with Crippen LogP contribution < -0.4 is 0 Å². The molecule has 2 rings (SSSR count). The highest BCUT2D eigenvalue weighted by molar-refractivity contribution is 9.10. The van der Waals surface area contributed by atoms with Crippen molar-refractivity contribution in [1.29, 1.82) is 0 Å². The predicted molar refractivity (Wildman–Crippen MR) is 67.9 cm³/mol. The molecule has 0 spiro atoms. The largest absolute Gasteiger partial charge is 0.336 e. The molecule has 1 aromatic carbocycles. The van der Waals surface area contributed by atoms with E-state index in [4.69, 9.17) is 0 Å². The van der Waals surface area contributed by atoms with Crippen LogP contribution in [-0.2, 0) is 13.5 Å². The topological polar surface area (TPSA) is 17.8 Å². The zero-order chi connectivity index (χ0) is 10.8. The van der Waals surface area contributed by atoms with E-state index in [1.54, 1.807) is 0 Å². The SMILES string of the molecule is Cn1cnc(Br)c1Cc1ccc(Br)cc1. The average molecular weight is 330 g/mol. The fourth-order valence-electron chi connectivity index (χ4n) is 1.42. The highest BCUT2D eigenvalue weighted by Gasteiger charge is 2.06. The van der Waals surface area contributed by atoms with Gasteiger partial charge in [0, 0.05) is 17.9 Å². The maximum atomic E-state index is 4.20. The lowest BCUT2D eigenvalue weighted by atomic mass is 10.1. The Hall–Kier alpha value is -0.610. The molecule has 2 nitrogen and oxygen atoms in total. The Balaban J connectivity index is 2.25. The Morgan fingerprint density at radius 3 is 2.40 bits per heavy atom. The highest BCUT2D eigenvalue weighted by Crippen LogP contribution is 2.19. The fraction of sp³-hybridized carbons (Fsp3) is 0.182. The van der Waals surface area contributed by atoms with E-state index in [1.165, 1.54) is 11.3 Å². The minimum Gasteiger partial charge on any atom is -0.336 e. The van der Waals surface area contributed by atoms with Gasteiger partial charge in [-0.25, -0.2) is 4.98 Å². The summed E-state index contributed by atoms with van der Waals surface area (Å²) >= 11 is 6.87. The van der Waals surface area contributed by atoms with E-state index in [0.29, 0.717) is 0 Å². The number of nitrogens with zero attached hydrogens (tertiary/aromatic N) is 2. The first-order valence-electron chi connectivity index (χ1n) is 4.57. The highest BCUT2D eigenvalue weighted by atomic mass is 79.9. The summed E-state index contributed by atoms with van der Waals surface area (Å²) in [6.07, 6.45) is 2.71. The van der Waals surface area contributed by atoms with Gasteiger partial charge in [-0.15, -0.1) is 0 Å². The molecule has 78 valence electrons. The van der Waals surface area contributed by atoms with E-state index in [0.717, 1.165) is 15.5 Å². The smallest absolute Gasteiger partial charge is 0.127 e. The van der Waals surface area contributed by atoms with Crippen molar-refractivity contribution < 1.29 is 0 Å². The summed E-state index contributed by atoms with van der Waals surface area (Å²) in [6.45, 7) is 0. The van der Waals surface area contributed by atoms with Crippen molar-refractivity contribution in [3.05, 3.63) is 50.9 Å². The maximum absolute atomic E-state index is 4.20. The van der Waals surface area contributed by atoms with E-state index < -0.39 is 0 Å². The lowest BCUT2D eigenvalue weighted by Gasteiger charge is -2.03. The maximum Gasteiger partial charge on any atom is 0.127 e. The van der Waals surface area contributed by atoms with Gasteiger partial charge in [0.25, 0.3) is 0 Å². The Bertz CT molecular complexity index is 440. The van der Waals surface area contributed by atoms with Gasteiger partial charge in [-0.05, 0) is 33.6 Å². The summed E-state index contributed by atoms with van der Waals surface area (Å²) in [5.74, 6) is 0. The lowest BCUT2D eigenvalue weighted by Crippen LogP contribution is -1.97. The monoisotopic (exact) mass is 328 g/mol. The van der Waals surface area contributed by atoms with Gasteiger partial charge < -0.3 is 4.57 Å². The first-order chi connectivity index (χ1) is 7.16. The van der Waals surface area contributed by atoms with Crippen LogP contribution >= 0.6 is 31.9 Å². The molecule has 1 heterocycles. The Morgan fingerprint density at radius 1 is 1.20 bits per heavy atom. The van der Waals surface area contributed by atoms with Gasteiger partial charge >= 0.3 is 0 Å². The summed E-state index contributed by atoms with van der Waals surface area (Å²) in [6, 6.07) is 8.34.